The first-order chi connectivity index (χ1) is 11.3. The van der Waals surface area contributed by atoms with Crippen LogP contribution in [-0.2, 0) is 23.6 Å². The number of hydrogen-bond donors (Lipinski definition) is 1. The molecule has 24 heavy (non-hydrogen) atoms. The van der Waals surface area contributed by atoms with Crippen molar-refractivity contribution >= 4 is 17.6 Å². The number of anilines is 1. The first-order valence-electron chi connectivity index (χ1n) is 7.70. The van der Waals surface area contributed by atoms with E-state index in [0.717, 1.165) is 22.0 Å². The van der Waals surface area contributed by atoms with Crippen LogP contribution < -0.4 is 17.0 Å². The summed E-state index contributed by atoms with van der Waals surface area (Å²) in [5.41, 5.74) is 4.24. The number of rotatable bonds is 4. The van der Waals surface area contributed by atoms with Crippen LogP contribution in [0.2, 0.25) is 0 Å². The van der Waals surface area contributed by atoms with Gasteiger partial charge in [-0.2, -0.15) is 0 Å². The summed E-state index contributed by atoms with van der Waals surface area (Å²) >= 11 is 0. The summed E-state index contributed by atoms with van der Waals surface area (Å²) in [5.74, 6) is -1.08. The second-order valence-electron chi connectivity index (χ2n) is 5.89. The lowest BCUT2D eigenvalue weighted by atomic mass is 10.0. The maximum Gasteiger partial charge on any atom is 0.332 e. The van der Waals surface area contributed by atoms with Gasteiger partial charge >= 0.3 is 11.7 Å². The molecule has 1 aromatic rings. The number of methoxy groups -OCH3 is 1. The molecule has 0 amide bonds. The Labute approximate surface area is 138 Å². The van der Waals surface area contributed by atoms with Crippen LogP contribution in [0.1, 0.15) is 29.6 Å². The molecule has 9 nitrogen and oxygen atoms in total. The first kappa shape index (κ1) is 17.9. The van der Waals surface area contributed by atoms with Gasteiger partial charge in [-0.05, 0) is 19.4 Å². The Morgan fingerprint density at radius 1 is 1.21 bits per heavy atom. The fourth-order valence-corrected chi connectivity index (χ4v) is 2.97. The number of ketones is 1. The third kappa shape index (κ3) is 3.12. The molecule has 1 aromatic heterocycles. The number of hydrogen-bond acceptors (Lipinski definition) is 7. The molecule has 1 aliphatic heterocycles. The minimum atomic E-state index is -0.729. The summed E-state index contributed by atoms with van der Waals surface area (Å²) in [7, 11) is 3.99. The molecular weight excluding hydrogens is 316 g/mol. The number of likely N-dealkylation sites (tertiary alicyclic amines) is 1. The van der Waals surface area contributed by atoms with Gasteiger partial charge in [0, 0.05) is 14.1 Å². The van der Waals surface area contributed by atoms with Gasteiger partial charge in [0.1, 0.15) is 17.4 Å². The number of piperidine rings is 1. The van der Waals surface area contributed by atoms with Crippen LogP contribution in [0.25, 0.3) is 0 Å². The molecule has 0 unspecified atom stereocenters. The van der Waals surface area contributed by atoms with E-state index in [1.54, 1.807) is 4.90 Å². The monoisotopic (exact) mass is 338 g/mol. The normalized spacial score (nSPS) is 18.4. The Morgan fingerprint density at radius 3 is 2.50 bits per heavy atom. The zero-order chi connectivity index (χ0) is 18.0. The summed E-state index contributed by atoms with van der Waals surface area (Å²) in [4.78, 5) is 50.3. The topological polar surface area (TPSA) is 117 Å². The largest absolute Gasteiger partial charge is 0.468 e. The van der Waals surface area contributed by atoms with Crippen molar-refractivity contribution in [1.29, 1.82) is 0 Å². The molecule has 1 aliphatic rings. The lowest BCUT2D eigenvalue weighted by Gasteiger charge is -2.33. The third-order valence-corrected chi connectivity index (χ3v) is 4.42. The molecule has 0 spiro atoms. The van der Waals surface area contributed by atoms with Crippen molar-refractivity contribution in [2.24, 2.45) is 14.1 Å². The highest BCUT2D eigenvalue weighted by Gasteiger charge is 2.32. The predicted molar refractivity (Wildman–Crippen MR) is 86.9 cm³/mol. The minimum Gasteiger partial charge on any atom is -0.468 e. The first-order valence-corrected chi connectivity index (χ1v) is 7.70. The molecule has 0 aromatic carbocycles. The summed E-state index contributed by atoms with van der Waals surface area (Å²) in [6.07, 6.45) is 2.32. The van der Waals surface area contributed by atoms with Crippen LogP contribution in [0.5, 0.6) is 0 Å². The Morgan fingerprint density at radius 2 is 1.88 bits per heavy atom. The number of carbonyl (C=O) groups excluding carboxylic acids is 2. The van der Waals surface area contributed by atoms with E-state index in [0.29, 0.717) is 13.0 Å². The molecule has 2 heterocycles. The Hall–Kier alpha value is -2.42. The van der Waals surface area contributed by atoms with Gasteiger partial charge in [0.25, 0.3) is 5.56 Å². The van der Waals surface area contributed by atoms with Crippen molar-refractivity contribution in [2.75, 3.05) is 25.9 Å². The highest BCUT2D eigenvalue weighted by molar-refractivity contribution is 6.01. The van der Waals surface area contributed by atoms with Gasteiger partial charge in [-0.1, -0.05) is 6.42 Å². The molecule has 1 fully saturated rings. The number of carbonyl (C=O) groups is 2. The highest BCUT2D eigenvalue weighted by atomic mass is 16.5. The molecule has 2 N–H and O–H groups in total. The number of nitrogen functional groups attached to an aromatic ring is 1. The van der Waals surface area contributed by atoms with E-state index in [1.807, 2.05) is 0 Å². The van der Waals surface area contributed by atoms with Crippen LogP contribution in [0.4, 0.5) is 5.82 Å². The summed E-state index contributed by atoms with van der Waals surface area (Å²) < 4.78 is 6.68. The molecule has 1 saturated heterocycles. The highest BCUT2D eigenvalue weighted by Crippen LogP contribution is 2.19. The van der Waals surface area contributed by atoms with Gasteiger partial charge in [-0.15, -0.1) is 0 Å². The summed E-state index contributed by atoms with van der Waals surface area (Å²) in [6, 6.07) is -0.509. The number of aromatic nitrogens is 2. The molecule has 1 atom stereocenters. The maximum absolute atomic E-state index is 12.6. The van der Waals surface area contributed by atoms with Gasteiger partial charge in [0.05, 0.1) is 13.7 Å². The number of Topliss-reactive ketones (excluding diaryl/α,β-unsaturated/α-hetero) is 1. The van der Waals surface area contributed by atoms with Gasteiger partial charge < -0.3 is 10.5 Å². The Kier molecular flexibility index (Phi) is 5.23. The fourth-order valence-electron chi connectivity index (χ4n) is 2.97. The van der Waals surface area contributed by atoms with Crippen molar-refractivity contribution in [3.63, 3.8) is 0 Å². The smallest absolute Gasteiger partial charge is 0.332 e. The summed E-state index contributed by atoms with van der Waals surface area (Å²) in [5, 5.41) is 0. The van der Waals surface area contributed by atoms with E-state index in [1.165, 1.54) is 21.2 Å². The number of esters is 1. The average Bonchev–Trinajstić information content (AvgIpc) is 2.58. The van der Waals surface area contributed by atoms with Crippen LogP contribution in [0.3, 0.4) is 0 Å². The van der Waals surface area contributed by atoms with Gasteiger partial charge in [0.15, 0.2) is 5.78 Å². The quantitative estimate of drug-likeness (QED) is 0.546. The molecule has 9 heteroatoms. The van der Waals surface area contributed by atoms with E-state index in [2.05, 4.69) is 0 Å². The lowest BCUT2D eigenvalue weighted by molar-refractivity contribution is -0.148. The van der Waals surface area contributed by atoms with Gasteiger partial charge in [-0.3, -0.25) is 28.4 Å². The van der Waals surface area contributed by atoms with Crippen molar-refractivity contribution in [3.8, 4) is 0 Å². The van der Waals surface area contributed by atoms with Crippen LogP contribution in [0.15, 0.2) is 9.59 Å². The molecule has 2 rings (SSSR count). The zero-order valence-electron chi connectivity index (χ0n) is 14.1. The predicted octanol–water partition coefficient (Wildman–Crippen LogP) is -1.12. The minimum absolute atomic E-state index is 0.128. The molecule has 0 bridgehead atoms. The fraction of sp³-hybridized carbons (Fsp3) is 0.600. The zero-order valence-corrected chi connectivity index (χ0v) is 14.1. The van der Waals surface area contributed by atoms with E-state index >= 15 is 0 Å². The van der Waals surface area contributed by atoms with Crippen molar-refractivity contribution in [1.82, 2.24) is 14.0 Å². The summed E-state index contributed by atoms with van der Waals surface area (Å²) in [6.45, 7) is 0.425. The second-order valence-corrected chi connectivity index (χ2v) is 5.89. The van der Waals surface area contributed by atoms with Crippen molar-refractivity contribution < 1.29 is 14.3 Å². The Bertz CT molecular complexity index is 779. The van der Waals surface area contributed by atoms with E-state index < -0.39 is 29.0 Å². The molecular formula is C15H22N4O5. The second kappa shape index (κ2) is 7.00. The molecule has 0 saturated carbocycles. The van der Waals surface area contributed by atoms with Crippen LogP contribution >= 0.6 is 0 Å². The lowest BCUT2D eigenvalue weighted by Crippen LogP contribution is -2.49. The molecule has 132 valence electrons. The van der Waals surface area contributed by atoms with Crippen molar-refractivity contribution in [2.45, 2.75) is 25.3 Å². The third-order valence-electron chi connectivity index (χ3n) is 4.42. The van der Waals surface area contributed by atoms with E-state index in [-0.39, 0.29) is 17.9 Å². The van der Waals surface area contributed by atoms with Crippen molar-refractivity contribution in [3.05, 3.63) is 26.4 Å². The van der Waals surface area contributed by atoms with Gasteiger partial charge in [-0.25, -0.2) is 4.79 Å². The Balaban J connectivity index is 2.35. The standard InChI is InChI=1S/C15H22N4O5/c1-17-12(16)11(13(21)18(2)15(17)23)10(20)8-19-7-5-4-6-9(19)14(22)24-3/h9H,4-8,16H2,1-3H3/t9-/m1/s1. The number of ether oxygens (including phenoxy) is 1. The molecule has 0 radical (unpaired) electrons. The molecule has 0 aliphatic carbocycles. The van der Waals surface area contributed by atoms with Crippen LogP contribution in [-0.4, -0.2) is 52.0 Å². The number of nitrogens with zero attached hydrogens (tertiary/aromatic N) is 3. The van der Waals surface area contributed by atoms with E-state index in [4.69, 9.17) is 10.5 Å². The van der Waals surface area contributed by atoms with Gasteiger partial charge in [0.2, 0.25) is 0 Å². The number of nitrogens with two attached hydrogens (primary N) is 1. The maximum atomic E-state index is 12.6. The van der Waals surface area contributed by atoms with Crippen LogP contribution in [0, 0.1) is 0 Å². The average molecular weight is 338 g/mol. The SMILES string of the molecule is COC(=O)[C@H]1CCCCN1CC(=O)c1c(N)n(C)c(=O)n(C)c1=O. The van der Waals surface area contributed by atoms with E-state index in [9.17, 15) is 19.2 Å².